The molecule has 0 unspecified atom stereocenters. The average molecular weight is 315 g/mol. The lowest BCUT2D eigenvalue weighted by Gasteiger charge is -2.16. The smallest absolute Gasteiger partial charge is 0.147 e. The largest absolute Gasteiger partial charge is 0.495 e. The molecule has 1 aliphatic rings. The van der Waals surface area contributed by atoms with Gasteiger partial charge in [0.1, 0.15) is 30.9 Å². The molecule has 1 fully saturated rings. The Morgan fingerprint density at radius 1 is 1.43 bits per heavy atom. The van der Waals surface area contributed by atoms with Crippen LogP contribution in [0, 0.1) is 0 Å². The molecule has 0 radical (unpaired) electrons. The predicted molar refractivity (Wildman–Crippen MR) is 91.8 cm³/mol. The summed E-state index contributed by atoms with van der Waals surface area (Å²) in [6, 6.07) is 0. The van der Waals surface area contributed by atoms with Crippen LogP contribution in [0.15, 0.2) is 46.3 Å². The number of aliphatic imine (C=N–C) groups is 2. The SMILES string of the molecule is CC=NC=N/C(C)=N\N/C=C/O[C@@H]1CCN(c2cncnc2)C1. The second-order valence-corrected chi connectivity index (χ2v) is 4.83. The molecule has 1 aliphatic heterocycles. The predicted octanol–water partition coefficient (Wildman–Crippen LogP) is 1.59. The molecular weight excluding hydrogens is 294 g/mol. The summed E-state index contributed by atoms with van der Waals surface area (Å²) in [4.78, 5) is 18.1. The molecular formula is C15H21N7O. The van der Waals surface area contributed by atoms with Gasteiger partial charge in [-0.05, 0) is 13.8 Å². The maximum atomic E-state index is 5.68. The van der Waals surface area contributed by atoms with Crippen LogP contribution >= 0.6 is 0 Å². The van der Waals surface area contributed by atoms with Gasteiger partial charge in [0.25, 0.3) is 0 Å². The standard InChI is InChI=1S/C15H21N7O/c1-3-16-12-19-13(2)21-20-5-7-23-15-4-6-22(10-15)14-8-17-11-18-9-14/h3,5,7-9,11-12,15,20H,4,6,10H2,1-2H3/b7-5+,16-3?,19-12?,21-13-/t15-/m1/s1. The highest BCUT2D eigenvalue weighted by Gasteiger charge is 2.23. The molecule has 122 valence electrons. The van der Waals surface area contributed by atoms with Gasteiger partial charge in [0.2, 0.25) is 0 Å². The Morgan fingerprint density at radius 2 is 2.26 bits per heavy atom. The Morgan fingerprint density at radius 3 is 3.04 bits per heavy atom. The van der Waals surface area contributed by atoms with Gasteiger partial charge in [-0.15, -0.1) is 0 Å². The van der Waals surface area contributed by atoms with Crippen molar-refractivity contribution in [3.8, 4) is 0 Å². The fraction of sp³-hybridized carbons (Fsp3) is 0.400. The number of nitrogens with one attached hydrogen (secondary N) is 1. The minimum atomic E-state index is 0.148. The first kappa shape index (κ1) is 16.6. The van der Waals surface area contributed by atoms with E-state index >= 15 is 0 Å². The lowest BCUT2D eigenvalue weighted by atomic mass is 10.3. The minimum Gasteiger partial charge on any atom is -0.495 e. The van der Waals surface area contributed by atoms with E-state index in [1.165, 1.54) is 12.7 Å². The van der Waals surface area contributed by atoms with Gasteiger partial charge in [0.15, 0.2) is 0 Å². The van der Waals surface area contributed by atoms with Gasteiger partial charge in [-0.25, -0.2) is 20.0 Å². The molecule has 0 saturated carbocycles. The molecule has 8 heteroatoms. The van der Waals surface area contributed by atoms with Crippen LogP contribution in [0.5, 0.6) is 0 Å². The van der Waals surface area contributed by atoms with Crippen LogP contribution in [0.25, 0.3) is 0 Å². The molecule has 2 heterocycles. The highest BCUT2D eigenvalue weighted by Crippen LogP contribution is 2.19. The number of hydrogen-bond donors (Lipinski definition) is 1. The maximum Gasteiger partial charge on any atom is 0.147 e. The number of amidine groups is 1. The molecule has 1 saturated heterocycles. The molecule has 8 nitrogen and oxygen atoms in total. The summed E-state index contributed by atoms with van der Waals surface area (Å²) in [6.07, 6.45) is 12.6. The number of nitrogens with zero attached hydrogens (tertiary/aromatic N) is 6. The highest BCUT2D eigenvalue weighted by atomic mass is 16.5. The molecule has 0 aromatic carbocycles. The van der Waals surface area contributed by atoms with Crippen LogP contribution in [0.1, 0.15) is 20.3 Å². The van der Waals surface area contributed by atoms with Crippen molar-refractivity contribution in [2.45, 2.75) is 26.4 Å². The number of anilines is 1. The van der Waals surface area contributed by atoms with Crippen molar-refractivity contribution >= 4 is 24.1 Å². The number of hydrogen-bond acceptors (Lipinski definition) is 6. The van der Waals surface area contributed by atoms with Gasteiger partial charge < -0.3 is 9.64 Å². The Hall–Kier alpha value is -2.77. The van der Waals surface area contributed by atoms with Crippen molar-refractivity contribution in [2.24, 2.45) is 15.1 Å². The Balaban J connectivity index is 1.70. The topological polar surface area (TPSA) is 87.4 Å². The molecule has 1 atom stereocenters. The summed E-state index contributed by atoms with van der Waals surface area (Å²) in [7, 11) is 0. The Kier molecular flexibility index (Phi) is 6.70. The highest BCUT2D eigenvalue weighted by molar-refractivity contribution is 5.88. The van der Waals surface area contributed by atoms with E-state index < -0.39 is 0 Å². The number of hydrazone groups is 1. The molecule has 0 aliphatic carbocycles. The van der Waals surface area contributed by atoms with Crippen LogP contribution < -0.4 is 10.3 Å². The van der Waals surface area contributed by atoms with Crippen LogP contribution in [-0.2, 0) is 4.74 Å². The summed E-state index contributed by atoms with van der Waals surface area (Å²) < 4.78 is 5.68. The number of ether oxygens (including phenoxy) is 1. The van der Waals surface area contributed by atoms with Crippen molar-refractivity contribution in [3.05, 3.63) is 31.2 Å². The minimum absolute atomic E-state index is 0.148. The molecule has 1 aromatic heterocycles. The summed E-state index contributed by atoms with van der Waals surface area (Å²) in [5, 5.41) is 4.02. The van der Waals surface area contributed by atoms with E-state index in [9.17, 15) is 0 Å². The maximum absolute atomic E-state index is 5.68. The van der Waals surface area contributed by atoms with E-state index in [1.54, 1.807) is 25.6 Å². The Bertz CT molecular complexity index is 583. The van der Waals surface area contributed by atoms with E-state index in [-0.39, 0.29) is 6.10 Å². The van der Waals surface area contributed by atoms with Gasteiger partial charge in [0.05, 0.1) is 30.8 Å². The molecule has 1 aromatic rings. The summed E-state index contributed by atoms with van der Waals surface area (Å²) >= 11 is 0. The first-order valence-electron chi connectivity index (χ1n) is 7.40. The molecule has 0 spiro atoms. The summed E-state index contributed by atoms with van der Waals surface area (Å²) in [5.41, 5.74) is 3.78. The first-order valence-corrected chi connectivity index (χ1v) is 7.40. The zero-order valence-electron chi connectivity index (χ0n) is 13.3. The zero-order valence-corrected chi connectivity index (χ0v) is 13.3. The normalized spacial score (nSPS) is 19.3. The van der Waals surface area contributed by atoms with Crippen molar-refractivity contribution in [3.63, 3.8) is 0 Å². The van der Waals surface area contributed by atoms with Crippen molar-refractivity contribution in [2.75, 3.05) is 18.0 Å². The molecule has 0 bridgehead atoms. The summed E-state index contributed by atoms with van der Waals surface area (Å²) in [5.74, 6) is 0.580. The Labute approximate surface area is 135 Å². The third kappa shape index (κ3) is 5.85. The lowest BCUT2D eigenvalue weighted by molar-refractivity contribution is 0.163. The van der Waals surface area contributed by atoms with Crippen molar-refractivity contribution in [1.29, 1.82) is 0 Å². The van der Waals surface area contributed by atoms with Gasteiger partial charge in [-0.3, -0.25) is 5.43 Å². The number of aromatic nitrogens is 2. The third-order valence-electron chi connectivity index (χ3n) is 3.16. The second-order valence-electron chi connectivity index (χ2n) is 4.83. The fourth-order valence-electron chi connectivity index (χ4n) is 2.05. The van der Waals surface area contributed by atoms with Gasteiger partial charge in [0, 0.05) is 19.2 Å². The van der Waals surface area contributed by atoms with Crippen molar-refractivity contribution < 1.29 is 4.74 Å². The van der Waals surface area contributed by atoms with E-state index in [2.05, 4.69) is 35.4 Å². The third-order valence-corrected chi connectivity index (χ3v) is 3.16. The molecule has 1 N–H and O–H groups in total. The fourth-order valence-corrected chi connectivity index (χ4v) is 2.05. The molecule has 23 heavy (non-hydrogen) atoms. The van der Waals surface area contributed by atoms with E-state index in [0.29, 0.717) is 5.84 Å². The number of rotatable bonds is 6. The monoisotopic (exact) mass is 315 g/mol. The van der Waals surface area contributed by atoms with E-state index in [0.717, 1.165) is 25.2 Å². The first-order chi connectivity index (χ1) is 11.3. The van der Waals surface area contributed by atoms with Gasteiger partial charge >= 0.3 is 0 Å². The lowest BCUT2D eigenvalue weighted by Crippen LogP contribution is -2.22. The van der Waals surface area contributed by atoms with E-state index in [1.807, 2.05) is 19.3 Å². The average Bonchev–Trinajstić information content (AvgIpc) is 3.04. The van der Waals surface area contributed by atoms with E-state index in [4.69, 9.17) is 4.74 Å². The van der Waals surface area contributed by atoms with Crippen LogP contribution in [0.4, 0.5) is 5.69 Å². The quantitative estimate of drug-likeness (QED) is 0.373. The second kappa shape index (κ2) is 9.29. The van der Waals surface area contributed by atoms with Crippen LogP contribution in [-0.4, -0.2) is 47.6 Å². The van der Waals surface area contributed by atoms with Crippen molar-refractivity contribution in [1.82, 2.24) is 15.4 Å². The molecule has 2 rings (SSSR count). The summed E-state index contributed by atoms with van der Waals surface area (Å²) in [6.45, 7) is 5.36. The van der Waals surface area contributed by atoms with Gasteiger partial charge in [-0.2, -0.15) is 5.10 Å². The molecule has 0 amide bonds. The van der Waals surface area contributed by atoms with Crippen LogP contribution in [0.2, 0.25) is 0 Å². The van der Waals surface area contributed by atoms with Crippen LogP contribution in [0.3, 0.4) is 0 Å². The zero-order chi connectivity index (χ0) is 16.3. The van der Waals surface area contributed by atoms with Gasteiger partial charge in [-0.1, -0.05) is 0 Å².